The molecular weight excluding hydrogens is 270 g/mol. The minimum absolute atomic E-state index is 0.0807. The van der Waals surface area contributed by atoms with E-state index in [9.17, 15) is 4.79 Å². The van der Waals surface area contributed by atoms with Gasteiger partial charge in [-0.2, -0.15) is 0 Å². The van der Waals surface area contributed by atoms with E-state index in [2.05, 4.69) is 31.5 Å². The van der Waals surface area contributed by atoms with Gasteiger partial charge in [0.25, 0.3) is 0 Å². The highest BCUT2D eigenvalue weighted by Crippen LogP contribution is 2.05. The van der Waals surface area contributed by atoms with Crippen molar-refractivity contribution < 1.29 is 4.79 Å². The average molecular weight is 286 g/mol. The van der Waals surface area contributed by atoms with E-state index in [4.69, 9.17) is 0 Å². The molecule has 0 saturated carbocycles. The lowest BCUT2D eigenvalue weighted by Gasteiger charge is -2.04. The highest BCUT2D eigenvalue weighted by molar-refractivity contribution is 9.10. The Morgan fingerprint density at radius 2 is 2.31 bits per heavy atom. The maximum atomic E-state index is 11.1. The molecule has 0 unspecified atom stereocenters. The molecule has 5 heteroatoms. The lowest BCUT2D eigenvalue weighted by atomic mass is 10.3. The zero-order valence-electron chi connectivity index (χ0n) is 9.29. The summed E-state index contributed by atoms with van der Waals surface area (Å²) in [5.74, 6) is 0.0807. The smallest absolute Gasteiger partial charge is 0.221 e. The fourth-order valence-electron chi connectivity index (χ4n) is 1.25. The summed E-state index contributed by atoms with van der Waals surface area (Å²) < 4.78 is 0.829. The van der Waals surface area contributed by atoms with Gasteiger partial charge in [-0.15, -0.1) is 0 Å². The largest absolute Gasteiger partial charge is 0.356 e. The van der Waals surface area contributed by atoms with Crippen LogP contribution < -0.4 is 10.6 Å². The van der Waals surface area contributed by atoms with Crippen molar-refractivity contribution in [2.24, 2.45) is 0 Å². The van der Waals surface area contributed by atoms with Crippen LogP contribution in [0.2, 0.25) is 0 Å². The maximum absolute atomic E-state index is 11.1. The third-order valence-electron chi connectivity index (χ3n) is 1.98. The van der Waals surface area contributed by atoms with Crippen LogP contribution >= 0.6 is 15.9 Å². The van der Waals surface area contributed by atoms with Crippen LogP contribution in [0.15, 0.2) is 22.8 Å². The van der Waals surface area contributed by atoms with Crippen LogP contribution in [0.25, 0.3) is 0 Å². The van der Waals surface area contributed by atoms with E-state index in [1.54, 1.807) is 0 Å². The number of nitrogens with zero attached hydrogens (tertiary/aromatic N) is 1. The quantitative estimate of drug-likeness (QED) is 0.615. The third-order valence-corrected chi connectivity index (χ3v) is 2.42. The molecule has 0 radical (unpaired) electrons. The monoisotopic (exact) mass is 285 g/mol. The molecule has 1 heterocycles. The molecule has 0 saturated heterocycles. The number of nitrogens with one attached hydrogen (secondary N) is 2. The Kier molecular flexibility index (Phi) is 6.03. The van der Waals surface area contributed by atoms with Crippen LogP contribution in [0.3, 0.4) is 0 Å². The number of halogens is 1. The molecule has 0 aliphatic carbocycles. The summed E-state index contributed by atoms with van der Waals surface area (Å²) in [5, 5.41) is 5.93. The molecule has 1 aromatic heterocycles. The van der Waals surface area contributed by atoms with Gasteiger partial charge in [0, 0.05) is 26.1 Å². The summed E-state index contributed by atoms with van der Waals surface area (Å²) in [7, 11) is 0. The van der Waals surface area contributed by atoms with Gasteiger partial charge in [0.2, 0.25) is 5.91 Å². The third kappa shape index (κ3) is 5.23. The predicted octanol–water partition coefficient (Wildman–Crippen LogP) is 1.46. The topological polar surface area (TPSA) is 54.0 Å². The molecule has 0 atom stereocenters. The lowest BCUT2D eigenvalue weighted by molar-refractivity contribution is -0.120. The highest BCUT2D eigenvalue weighted by Gasteiger charge is 1.99. The minimum Gasteiger partial charge on any atom is -0.356 e. The first-order valence-corrected chi connectivity index (χ1v) is 6.10. The van der Waals surface area contributed by atoms with E-state index in [1.807, 2.05) is 25.1 Å². The second-order valence-electron chi connectivity index (χ2n) is 3.33. The van der Waals surface area contributed by atoms with Gasteiger partial charge in [0.1, 0.15) is 4.60 Å². The SMILES string of the molecule is CCNC(=O)CCNCc1cccc(Br)n1. The Morgan fingerprint density at radius 1 is 1.50 bits per heavy atom. The van der Waals surface area contributed by atoms with Crippen molar-refractivity contribution in [1.82, 2.24) is 15.6 Å². The van der Waals surface area contributed by atoms with Crippen molar-refractivity contribution in [2.75, 3.05) is 13.1 Å². The summed E-state index contributed by atoms with van der Waals surface area (Å²) in [6, 6.07) is 5.78. The van der Waals surface area contributed by atoms with Gasteiger partial charge < -0.3 is 10.6 Å². The average Bonchev–Trinajstić information content (AvgIpc) is 2.25. The Morgan fingerprint density at radius 3 is 3.00 bits per heavy atom. The number of rotatable bonds is 6. The van der Waals surface area contributed by atoms with E-state index >= 15 is 0 Å². The molecule has 88 valence electrons. The van der Waals surface area contributed by atoms with E-state index < -0.39 is 0 Å². The summed E-state index contributed by atoms with van der Waals surface area (Å²) in [6.07, 6.45) is 0.502. The Hall–Kier alpha value is -0.940. The van der Waals surface area contributed by atoms with Crippen molar-refractivity contribution in [3.8, 4) is 0 Å². The molecular formula is C11H16BrN3O. The molecule has 0 spiro atoms. The molecule has 0 aliphatic rings. The summed E-state index contributed by atoms with van der Waals surface area (Å²) >= 11 is 3.31. The van der Waals surface area contributed by atoms with Gasteiger partial charge in [0.15, 0.2) is 0 Å². The van der Waals surface area contributed by atoms with E-state index in [0.717, 1.165) is 10.3 Å². The maximum Gasteiger partial charge on any atom is 0.221 e. The summed E-state index contributed by atoms with van der Waals surface area (Å²) in [5.41, 5.74) is 0.963. The van der Waals surface area contributed by atoms with Crippen molar-refractivity contribution >= 4 is 21.8 Å². The van der Waals surface area contributed by atoms with Gasteiger partial charge >= 0.3 is 0 Å². The number of hydrogen-bond acceptors (Lipinski definition) is 3. The van der Waals surface area contributed by atoms with Crippen LogP contribution in [-0.2, 0) is 11.3 Å². The van der Waals surface area contributed by atoms with Gasteiger partial charge in [-0.05, 0) is 35.0 Å². The first-order valence-electron chi connectivity index (χ1n) is 5.31. The van der Waals surface area contributed by atoms with Gasteiger partial charge in [-0.3, -0.25) is 4.79 Å². The molecule has 0 bridgehead atoms. The minimum atomic E-state index is 0.0807. The molecule has 1 rings (SSSR count). The second-order valence-corrected chi connectivity index (χ2v) is 4.14. The van der Waals surface area contributed by atoms with Crippen LogP contribution in [0.5, 0.6) is 0 Å². The van der Waals surface area contributed by atoms with Gasteiger partial charge in [-0.25, -0.2) is 4.98 Å². The predicted molar refractivity (Wildman–Crippen MR) is 66.9 cm³/mol. The number of carbonyl (C=O) groups excluding carboxylic acids is 1. The molecule has 1 aromatic rings. The van der Waals surface area contributed by atoms with Crippen molar-refractivity contribution in [1.29, 1.82) is 0 Å². The number of amides is 1. The fourth-order valence-corrected chi connectivity index (χ4v) is 1.63. The van der Waals surface area contributed by atoms with Crippen LogP contribution in [0, 0.1) is 0 Å². The van der Waals surface area contributed by atoms with Crippen LogP contribution in [0.1, 0.15) is 19.0 Å². The molecule has 0 fully saturated rings. The number of aromatic nitrogens is 1. The van der Waals surface area contributed by atoms with Crippen LogP contribution in [0.4, 0.5) is 0 Å². The molecule has 1 amide bonds. The number of carbonyl (C=O) groups is 1. The van der Waals surface area contributed by atoms with Crippen molar-refractivity contribution in [2.45, 2.75) is 19.9 Å². The van der Waals surface area contributed by atoms with Gasteiger partial charge in [0.05, 0.1) is 5.69 Å². The summed E-state index contributed by atoms with van der Waals surface area (Å²) in [4.78, 5) is 15.4. The Labute approximate surface area is 104 Å². The highest BCUT2D eigenvalue weighted by atomic mass is 79.9. The lowest BCUT2D eigenvalue weighted by Crippen LogP contribution is -2.27. The van der Waals surface area contributed by atoms with Crippen LogP contribution in [-0.4, -0.2) is 24.0 Å². The van der Waals surface area contributed by atoms with Crippen molar-refractivity contribution in [3.63, 3.8) is 0 Å². The second kappa shape index (κ2) is 7.35. The molecule has 0 aliphatic heterocycles. The normalized spacial score (nSPS) is 10.1. The van der Waals surface area contributed by atoms with Crippen molar-refractivity contribution in [3.05, 3.63) is 28.5 Å². The molecule has 2 N–H and O–H groups in total. The van der Waals surface area contributed by atoms with E-state index in [0.29, 0.717) is 26.1 Å². The molecule has 16 heavy (non-hydrogen) atoms. The Bertz CT molecular complexity index is 344. The Balaban J connectivity index is 2.18. The zero-order valence-corrected chi connectivity index (χ0v) is 10.9. The molecule has 4 nitrogen and oxygen atoms in total. The van der Waals surface area contributed by atoms with E-state index in [1.165, 1.54) is 0 Å². The summed E-state index contributed by atoms with van der Waals surface area (Å²) in [6.45, 7) is 3.95. The fraction of sp³-hybridized carbons (Fsp3) is 0.455. The van der Waals surface area contributed by atoms with Gasteiger partial charge in [-0.1, -0.05) is 6.07 Å². The standard InChI is InChI=1S/C11H16BrN3O/c1-2-14-11(16)6-7-13-8-9-4-3-5-10(12)15-9/h3-5,13H,2,6-8H2,1H3,(H,14,16). The number of hydrogen-bond donors (Lipinski definition) is 2. The first kappa shape index (κ1) is 13.1. The van der Waals surface area contributed by atoms with E-state index in [-0.39, 0.29) is 5.91 Å². The zero-order chi connectivity index (χ0) is 11.8. The number of pyridine rings is 1. The first-order chi connectivity index (χ1) is 7.72. The molecule has 0 aromatic carbocycles.